The van der Waals surface area contributed by atoms with Crippen molar-refractivity contribution in [3.63, 3.8) is 0 Å². The van der Waals surface area contributed by atoms with E-state index >= 15 is 0 Å². The Morgan fingerprint density at radius 2 is 1.50 bits per heavy atom. The summed E-state index contributed by atoms with van der Waals surface area (Å²) in [5, 5.41) is -0.483. The molecule has 1 saturated heterocycles. The van der Waals surface area contributed by atoms with Crippen LogP contribution in [0.2, 0.25) is 0 Å². The van der Waals surface area contributed by atoms with Crippen LogP contribution in [0.5, 0.6) is 0 Å². The van der Waals surface area contributed by atoms with E-state index in [9.17, 15) is 18.0 Å². The quantitative estimate of drug-likeness (QED) is 0.632. The van der Waals surface area contributed by atoms with E-state index in [1.54, 1.807) is 20.8 Å². The van der Waals surface area contributed by atoms with Crippen LogP contribution < -0.4 is 0 Å². The molecule has 32 heavy (non-hydrogen) atoms. The lowest BCUT2D eigenvalue weighted by Gasteiger charge is -2.55. The number of nitrogens with zero attached hydrogens (tertiary/aromatic N) is 2. The number of rotatable bonds is 4. The zero-order valence-electron chi connectivity index (χ0n) is 20.3. The van der Waals surface area contributed by atoms with Crippen molar-refractivity contribution in [3.8, 4) is 0 Å². The van der Waals surface area contributed by atoms with Crippen molar-refractivity contribution >= 4 is 21.7 Å². The molecule has 2 amide bonds. The molecule has 4 fully saturated rings. The fourth-order valence-corrected chi connectivity index (χ4v) is 8.74. The summed E-state index contributed by atoms with van der Waals surface area (Å²) < 4.78 is 25.2. The highest BCUT2D eigenvalue weighted by molar-refractivity contribution is 7.92. The average molecular weight is 467 g/mol. The zero-order chi connectivity index (χ0) is 23.2. The Kier molecular flexibility index (Phi) is 6.96. The van der Waals surface area contributed by atoms with Crippen LogP contribution >= 0.6 is 0 Å². The summed E-state index contributed by atoms with van der Waals surface area (Å²) in [7, 11) is -3.02. The van der Waals surface area contributed by atoms with E-state index in [1.165, 1.54) is 0 Å². The summed E-state index contributed by atoms with van der Waals surface area (Å²) in [6, 6.07) is 0.333. The average Bonchev–Trinajstić information content (AvgIpc) is 2.71. The van der Waals surface area contributed by atoms with Crippen molar-refractivity contribution in [2.45, 2.75) is 121 Å². The largest absolute Gasteiger partial charge is 0.335 e. The van der Waals surface area contributed by atoms with Gasteiger partial charge in [-0.05, 0) is 90.4 Å². The molecule has 4 aliphatic rings. The third-order valence-electron chi connectivity index (χ3n) is 9.12. The Morgan fingerprint density at radius 3 is 2.03 bits per heavy atom. The Balaban J connectivity index is 1.47. The molecule has 4 rings (SSSR count). The summed E-state index contributed by atoms with van der Waals surface area (Å²) in [6.45, 7) is 7.99. The molecule has 182 valence electrons. The van der Waals surface area contributed by atoms with Crippen molar-refractivity contribution < 1.29 is 18.0 Å². The van der Waals surface area contributed by atoms with Crippen LogP contribution in [-0.2, 0) is 19.4 Å². The number of carbonyl (C=O) groups is 2. The highest BCUT2D eigenvalue weighted by Gasteiger charge is 2.49. The standard InChI is InChI=1S/C25H42N2O4S/c1-16(2)32(30,31)22-11-8-19(9-12-22)21-10-13-23-24(14-21)26(25(29)20-6-5-7-20)15-17(3)27(23)18(4)28/h16-17,19-24H,5-15H2,1-4H3/t17-,19?,21?,22?,23?,24?/m0/s1. The van der Waals surface area contributed by atoms with Crippen LogP contribution in [0.25, 0.3) is 0 Å². The molecule has 3 unspecified atom stereocenters. The highest BCUT2D eigenvalue weighted by Crippen LogP contribution is 2.44. The number of amides is 2. The van der Waals surface area contributed by atoms with Crippen molar-refractivity contribution in [1.29, 1.82) is 0 Å². The minimum absolute atomic E-state index is 0.0750. The van der Waals surface area contributed by atoms with Crippen LogP contribution in [0.4, 0.5) is 0 Å². The molecule has 1 heterocycles. The molecular weight excluding hydrogens is 424 g/mol. The van der Waals surface area contributed by atoms with E-state index in [1.807, 2.05) is 0 Å². The Hall–Kier alpha value is -1.11. The summed E-state index contributed by atoms with van der Waals surface area (Å²) in [5.74, 6) is 1.69. The minimum Gasteiger partial charge on any atom is -0.335 e. The molecule has 0 aromatic rings. The number of fused-ring (bicyclic) bond motifs is 1. The second-order valence-corrected chi connectivity index (χ2v) is 14.1. The van der Waals surface area contributed by atoms with Crippen LogP contribution in [-0.4, -0.2) is 65.2 Å². The molecule has 7 heteroatoms. The first kappa shape index (κ1) is 24.0. The van der Waals surface area contributed by atoms with E-state index in [0.717, 1.165) is 64.2 Å². The lowest BCUT2D eigenvalue weighted by atomic mass is 9.69. The maximum atomic E-state index is 13.3. The van der Waals surface area contributed by atoms with E-state index in [0.29, 0.717) is 24.3 Å². The second kappa shape index (κ2) is 9.27. The van der Waals surface area contributed by atoms with E-state index < -0.39 is 9.84 Å². The van der Waals surface area contributed by atoms with Crippen LogP contribution in [0.3, 0.4) is 0 Å². The van der Waals surface area contributed by atoms with Gasteiger partial charge < -0.3 is 9.80 Å². The summed E-state index contributed by atoms with van der Waals surface area (Å²) in [5.41, 5.74) is 0. The number of piperazine rings is 1. The van der Waals surface area contributed by atoms with Gasteiger partial charge in [-0.15, -0.1) is 0 Å². The first-order chi connectivity index (χ1) is 15.1. The van der Waals surface area contributed by atoms with Gasteiger partial charge >= 0.3 is 0 Å². The third kappa shape index (κ3) is 4.35. The van der Waals surface area contributed by atoms with Gasteiger partial charge in [-0.1, -0.05) is 6.42 Å². The van der Waals surface area contributed by atoms with E-state index in [2.05, 4.69) is 16.7 Å². The molecule has 4 atom stereocenters. The van der Waals surface area contributed by atoms with E-state index in [4.69, 9.17) is 0 Å². The second-order valence-electron chi connectivity index (χ2n) is 11.3. The lowest BCUT2D eigenvalue weighted by molar-refractivity contribution is -0.159. The number of hydrogen-bond acceptors (Lipinski definition) is 4. The third-order valence-corrected chi connectivity index (χ3v) is 11.8. The summed E-state index contributed by atoms with van der Waals surface area (Å²) in [6.07, 6.45) is 9.67. The molecule has 0 aromatic heterocycles. The fourth-order valence-electron chi connectivity index (χ4n) is 7.05. The number of sulfone groups is 1. The predicted molar refractivity (Wildman–Crippen MR) is 126 cm³/mol. The zero-order valence-corrected chi connectivity index (χ0v) is 21.1. The first-order valence-corrected chi connectivity index (χ1v) is 14.5. The van der Waals surface area contributed by atoms with Gasteiger partial charge in [0.1, 0.15) is 0 Å². The van der Waals surface area contributed by atoms with Gasteiger partial charge in [0, 0.05) is 25.4 Å². The van der Waals surface area contributed by atoms with Crippen LogP contribution in [0, 0.1) is 17.8 Å². The van der Waals surface area contributed by atoms with Crippen molar-refractivity contribution in [2.24, 2.45) is 17.8 Å². The fraction of sp³-hybridized carbons (Fsp3) is 0.920. The molecular formula is C25H42N2O4S. The number of carbonyl (C=O) groups excluding carboxylic acids is 2. The predicted octanol–water partition coefficient (Wildman–Crippen LogP) is 3.79. The van der Waals surface area contributed by atoms with Gasteiger partial charge in [-0.2, -0.15) is 0 Å². The summed E-state index contributed by atoms with van der Waals surface area (Å²) in [4.78, 5) is 30.0. The van der Waals surface area contributed by atoms with Crippen molar-refractivity contribution in [1.82, 2.24) is 9.80 Å². The van der Waals surface area contributed by atoms with Gasteiger partial charge in [0.25, 0.3) is 0 Å². The normalized spacial score (nSPS) is 36.5. The monoisotopic (exact) mass is 466 g/mol. The molecule has 0 spiro atoms. The van der Waals surface area contributed by atoms with Crippen molar-refractivity contribution in [2.75, 3.05) is 6.54 Å². The molecule has 0 bridgehead atoms. The van der Waals surface area contributed by atoms with Crippen LogP contribution in [0.15, 0.2) is 0 Å². The highest BCUT2D eigenvalue weighted by atomic mass is 32.2. The molecule has 0 aromatic carbocycles. The Morgan fingerprint density at radius 1 is 0.875 bits per heavy atom. The molecule has 3 saturated carbocycles. The van der Waals surface area contributed by atoms with Gasteiger partial charge in [0.15, 0.2) is 9.84 Å². The van der Waals surface area contributed by atoms with Gasteiger partial charge in [0.05, 0.1) is 22.6 Å². The SMILES string of the molecule is CC(=O)N1C2CCC(C3CCC(S(=O)(=O)C(C)C)CC3)CC2N(C(=O)C2CCC2)C[C@@H]1C. The van der Waals surface area contributed by atoms with Crippen LogP contribution in [0.1, 0.15) is 91.9 Å². The molecule has 0 N–H and O–H groups in total. The Bertz CT molecular complexity index is 814. The first-order valence-electron chi connectivity index (χ1n) is 12.9. The minimum atomic E-state index is -3.02. The molecule has 0 radical (unpaired) electrons. The Labute approximate surface area is 194 Å². The van der Waals surface area contributed by atoms with Gasteiger partial charge in [-0.3, -0.25) is 9.59 Å². The molecule has 6 nitrogen and oxygen atoms in total. The number of hydrogen-bond donors (Lipinski definition) is 0. The lowest BCUT2D eigenvalue weighted by Crippen LogP contribution is -2.67. The molecule has 3 aliphatic carbocycles. The van der Waals surface area contributed by atoms with Gasteiger partial charge in [-0.25, -0.2) is 8.42 Å². The topological polar surface area (TPSA) is 74.8 Å². The van der Waals surface area contributed by atoms with Gasteiger partial charge in [0.2, 0.25) is 11.8 Å². The maximum Gasteiger partial charge on any atom is 0.226 e. The smallest absolute Gasteiger partial charge is 0.226 e. The van der Waals surface area contributed by atoms with Crippen molar-refractivity contribution in [3.05, 3.63) is 0 Å². The summed E-state index contributed by atoms with van der Waals surface area (Å²) >= 11 is 0. The van der Waals surface area contributed by atoms with E-state index in [-0.39, 0.29) is 40.5 Å². The molecule has 1 aliphatic heterocycles. The maximum absolute atomic E-state index is 13.3.